The summed E-state index contributed by atoms with van der Waals surface area (Å²) >= 11 is 0. The molecule has 0 amide bonds. The minimum atomic E-state index is 0.0358. The summed E-state index contributed by atoms with van der Waals surface area (Å²) < 4.78 is 5.23. The topological polar surface area (TPSA) is 120 Å². The van der Waals surface area contributed by atoms with Gasteiger partial charge in [0, 0.05) is 36.9 Å². The van der Waals surface area contributed by atoms with Gasteiger partial charge in [0.2, 0.25) is 0 Å². The summed E-state index contributed by atoms with van der Waals surface area (Å²) in [5.74, 6) is 1.51. The predicted octanol–water partition coefficient (Wildman–Crippen LogP) is 2.91. The zero-order chi connectivity index (χ0) is 22.9. The van der Waals surface area contributed by atoms with E-state index < -0.39 is 0 Å². The fraction of sp³-hybridized carbons (Fsp3) is 0.375. The number of fused-ring (bicyclic) bond motifs is 2. The molecule has 168 valence electrons. The van der Waals surface area contributed by atoms with Gasteiger partial charge in [0.25, 0.3) is 0 Å². The Morgan fingerprint density at radius 3 is 2.52 bits per heavy atom. The average molecular weight is 444 g/mol. The Morgan fingerprint density at radius 2 is 1.88 bits per heavy atom. The normalized spacial score (nSPS) is 21.4. The van der Waals surface area contributed by atoms with Crippen LogP contribution in [0, 0.1) is 11.3 Å². The Balaban J connectivity index is 1.35. The first-order valence-corrected chi connectivity index (χ1v) is 11.0. The fourth-order valence-electron chi connectivity index (χ4n) is 4.83. The van der Waals surface area contributed by atoms with Crippen LogP contribution in [0.15, 0.2) is 36.7 Å². The lowest BCUT2D eigenvalue weighted by Gasteiger charge is -2.35. The van der Waals surface area contributed by atoms with E-state index in [4.69, 9.17) is 10.00 Å². The van der Waals surface area contributed by atoms with Crippen LogP contribution in [-0.2, 0) is 0 Å². The van der Waals surface area contributed by atoms with Gasteiger partial charge in [-0.25, -0.2) is 9.97 Å². The lowest BCUT2D eigenvalue weighted by molar-refractivity contribution is 0.353. The Kier molecular flexibility index (Phi) is 5.52. The van der Waals surface area contributed by atoms with Crippen molar-refractivity contribution in [2.75, 3.05) is 19.1 Å². The monoisotopic (exact) mass is 443 g/mol. The summed E-state index contributed by atoms with van der Waals surface area (Å²) in [6.45, 7) is 0. The highest BCUT2D eigenvalue weighted by Crippen LogP contribution is 2.34. The van der Waals surface area contributed by atoms with Gasteiger partial charge in [0.15, 0.2) is 23.1 Å². The standard InChI is InChI=1S/C24H25N7O2/c1-31(18-9-16-4-5-17(10-18)28-16)23-13-27-24(30-29-23)19-6-3-14(7-21(19)32)15-8-22(33-2)20(11-25)26-12-15/h3,6-8,12-13,16-18,28,32H,4-5,9-10H2,1-2H3/t16-,17+,18-. The number of aromatic hydroxyl groups is 1. The van der Waals surface area contributed by atoms with E-state index in [0.717, 1.165) is 29.8 Å². The van der Waals surface area contributed by atoms with Crippen molar-refractivity contribution in [3.63, 3.8) is 0 Å². The van der Waals surface area contributed by atoms with Gasteiger partial charge in [-0.3, -0.25) is 0 Å². The number of nitrogens with zero attached hydrogens (tertiary/aromatic N) is 6. The third-order valence-corrected chi connectivity index (χ3v) is 6.66. The molecule has 0 unspecified atom stereocenters. The number of rotatable bonds is 5. The van der Waals surface area contributed by atoms with E-state index >= 15 is 0 Å². The Morgan fingerprint density at radius 1 is 1.09 bits per heavy atom. The molecule has 0 aliphatic carbocycles. The molecule has 5 rings (SSSR count). The summed E-state index contributed by atoms with van der Waals surface area (Å²) in [7, 11) is 3.54. The van der Waals surface area contributed by atoms with Crippen LogP contribution >= 0.6 is 0 Å². The zero-order valence-electron chi connectivity index (χ0n) is 18.6. The quantitative estimate of drug-likeness (QED) is 0.613. The number of aromatic nitrogens is 4. The number of methoxy groups -OCH3 is 1. The third-order valence-electron chi connectivity index (χ3n) is 6.66. The van der Waals surface area contributed by atoms with Gasteiger partial charge in [-0.15, -0.1) is 10.2 Å². The van der Waals surface area contributed by atoms with E-state index in [1.54, 1.807) is 30.6 Å². The number of hydrogen-bond acceptors (Lipinski definition) is 9. The molecule has 3 atom stereocenters. The van der Waals surface area contributed by atoms with Crippen LogP contribution in [0.3, 0.4) is 0 Å². The summed E-state index contributed by atoms with van der Waals surface area (Å²) in [4.78, 5) is 10.8. The van der Waals surface area contributed by atoms with Crippen LogP contribution in [0.2, 0.25) is 0 Å². The molecule has 2 aliphatic rings. The van der Waals surface area contributed by atoms with Crippen LogP contribution in [0.4, 0.5) is 5.82 Å². The molecule has 2 aromatic heterocycles. The largest absolute Gasteiger partial charge is 0.507 e. The molecule has 0 spiro atoms. The Hall–Kier alpha value is -3.77. The molecule has 2 N–H and O–H groups in total. The van der Waals surface area contributed by atoms with E-state index in [0.29, 0.717) is 35.3 Å². The molecule has 2 fully saturated rings. The molecular weight excluding hydrogens is 418 g/mol. The first-order valence-electron chi connectivity index (χ1n) is 11.0. The van der Waals surface area contributed by atoms with Crippen molar-refractivity contribution < 1.29 is 9.84 Å². The maximum atomic E-state index is 10.7. The van der Waals surface area contributed by atoms with Crippen LogP contribution in [0.5, 0.6) is 11.5 Å². The van der Waals surface area contributed by atoms with Gasteiger partial charge < -0.3 is 20.1 Å². The highest BCUT2D eigenvalue weighted by Gasteiger charge is 2.35. The molecular formula is C24H25N7O2. The summed E-state index contributed by atoms with van der Waals surface area (Å²) in [6.07, 6.45) is 8.00. The Labute approximate surface area is 192 Å². The van der Waals surface area contributed by atoms with E-state index in [2.05, 4.69) is 30.4 Å². The third kappa shape index (κ3) is 4.05. The summed E-state index contributed by atoms with van der Waals surface area (Å²) in [5, 5.41) is 32.1. The molecule has 1 aromatic carbocycles. The van der Waals surface area contributed by atoms with Gasteiger partial charge in [-0.2, -0.15) is 5.26 Å². The van der Waals surface area contributed by atoms with E-state index in [1.807, 2.05) is 19.2 Å². The predicted molar refractivity (Wildman–Crippen MR) is 123 cm³/mol. The first-order chi connectivity index (χ1) is 16.1. The van der Waals surface area contributed by atoms with Crippen molar-refractivity contribution in [2.45, 2.75) is 43.8 Å². The second-order valence-corrected chi connectivity index (χ2v) is 8.63. The van der Waals surface area contributed by atoms with E-state index in [9.17, 15) is 5.11 Å². The number of ether oxygens (including phenoxy) is 1. The lowest BCUT2D eigenvalue weighted by atomic mass is 9.99. The lowest BCUT2D eigenvalue weighted by Crippen LogP contribution is -2.47. The van der Waals surface area contributed by atoms with Crippen LogP contribution < -0.4 is 15.0 Å². The number of anilines is 1. The zero-order valence-corrected chi connectivity index (χ0v) is 18.6. The number of phenols is 1. The van der Waals surface area contributed by atoms with Gasteiger partial charge in [0.05, 0.1) is 18.9 Å². The summed E-state index contributed by atoms with van der Waals surface area (Å²) in [5.41, 5.74) is 2.16. The molecule has 0 radical (unpaired) electrons. The number of nitriles is 1. The molecule has 0 saturated carbocycles. The number of nitrogens with one attached hydrogen (secondary N) is 1. The SMILES string of the molecule is COc1cc(-c2ccc(-c3ncc(N(C)[C@@H]4C[C@H]5CC[C@@H](C4)N5)nn3)c(O)c2)cnc1C#N. The average Bonchev–Trinajstić information content (AvgIpc) is 3.20. The maximum Gasteiger partial charge on any atom is 0.185 e. The van der Waals surface area contributed by atoms with Crippen LogP contribution in [-0.4, -0.2) is 57.6 Å². The minimum absolute atomic E-state index is 0.0358. The van der Waals surface area contributed by atoms with Crippen molar-refractivity contribution in [1.29, 1.82) is 5.26 Å². The van der Waals surface area contributed by atoms with Gasteiger partial charge in [-0.05, 0) is 49.4 Å². The molecule has 9 nitrogen and oxygen atoms in total. The van der Waals surface area contributed by atoms with Gasteiger partial charge in [0.1, 0.15) is 11.8 Å². The number of piperidine rings is 1. The molecule has 4 heterocycles. The van der Waals surface area contributed by atoms with Crippen molar-refractivity contribution in [3.05, 3.63) is 42.4 Å². The molecule has 2 bridgehead atoms. The molecule has 2 aliphatic heterocycles. The molecule has 9 heteroatoms. The molecule has 3 aromatic rings. The number of phenolic OH excluding ortho intramolecular Hbond substituents is 1. The highest BCUT2D eigenvalue weighted by atomic mass is 16.5. The first kappa shape index (κ1) is 21.1. The highest BCUT2D eigenvalue weighted by molar-refractivity contribution is 5.73. The van der Waals surface area contributed by atoms with Crippen molar-refractivity contribution in [3.8, 4) is 40.1 Å². The van der Waals surface area contributed by atoms with Gasteiger partial charge in [-0.1, -0.05) is 6.07 Å². The Bertz CT molecular complexity index is 1200. The number of pyridine rings is 1. The number of benzene rings is 1. The van der Waals surface area contributed by atoms with Crippen LogP contribution in [0.25, 0.3) is 22.5 Å². The maximum absolute atomic E-state index is 10.7. The van der Waals surface area contributed by atoms with E-state index in [-0.39, 0.29) is 11.4 Å². The fourth-order valence-corrected chi connectivity index (χ4v) is 4.83. The van der Waals surface area contributed by atoms with Crippen LogP contribution in [0.1, 0.15) is 31.4 Å². The van der Waals surface area contributed by atoms with E-state index in [1.165, 1.54) is 20.0 Å². The summed E-state index contributed by atoms with van der Waals surface area (Å²) in [6, 6.07) is 10.5. The molecule has 33 heavy (non-hydrogen) atoms. The second-order valence-electron chi connectivity index (χ2n) is 8.63. The number of hydrogen-bond donors (Lipinski definition) is 2. The van der Waals surface area contributed by atoms with Crippen molar-refractivity contribution in [2.24, 2.45) is 0 Å². The van der Waals surface area contributed by atoms with Crippen molar-refractivity contribution >= 4 is 5.82 Å². The molecule has 2 saturated heterocycles. The minimum Gasteiger partial charge on any atom is -0.507 e. The van der Waals surface area contributed by atoms with Crippen molar-refractivity contribution in [1.82, 2.24) is 25.5 Å². The van der Waals surface area contributed by atoms with Gasteiger partial charge >= 0.3 is 0 Å². The second kappa shape index (κ2) is 8.64. The smallest absolute Gasteiger partial charge is 0.185 e.